The number of hydrogen-bond donors (Lipinski definition) is 1. The van der Waals surface area contributed by atoms with Crippen LogP contribution in [0.1, 0.15) is 40.6 Å². The van der Waals surface area contributed by atoms with Crippen molar-refractivity contribution in [3.05, 3.63) is 63.9 Å². The van der Waals surface area contributed by atoms with E-state index >= 15 is 0 Å². The molecule has 0 bridgehead atoms. The second-order valence-electron chi connectivity index (χ2n) is 6.62. The summed E-state index contributed by atoms with van der Waals surface area (Å²) in [4.78, 5) is 19.5. The number of thiazole rings is 1. The van der Waals surface area contributed by atoms with Gasteiger partial charge in [0.1, 0.15) is 0 Å². The number of benzene rings is 1. The molecule has 3 aromatic rings. The molecule has 1 saturated heterocycles. The zero-order valence-electron chi connectivity index (χ0n) is 14.9. The summed E-state index contributed by atoms with van der Waals surface area (Å²) in [7, 11) is 1.97. The molecule has 27 heavy (non-hydrogen) atoms. The van der Waals surface area contributed by atoms with Gasteiger partial charge in [0.05, 0.1) is 17.4 Å². The van der Waals surface area contributed by atoms with Crippen molar-refractivity contribution < 1.29 is 4.79 Å². The number of halogens is 1. The van der Waals surface area contributed by atoms with Gasteiger partial charge in [-0.05, 0) is 43.7 Å². The van der Waals surface area contributed by atoms with Gasteiger partial charge in [0, 0.05) is 35.8 Å². The van der Waals surface area contributed by atoms with E-state index in [1.54, 1.807) is 24.3 Å². The summed E-state index contributed by atoms with van der Waals surface area (Å²) in [5, 5.41) is 10.3. The van der Waals surface area contributed by atoms with E-state index in [1.807, 2.05) is 29.4 Å². The molecule has 0 saturated carbocycles. The van der Waals surface area contributed by atoms with Gasteiger partial charge in [0.2, 0.25) is 0 Å². The smallest absolute Gasteiger partial charge is 0.257 e. The Morgan fingerprint density at radius 1 is 1.41 bits per heavy atom. The molecule has 8 heteroatoms. The van der Waals surface area contributed by atoms with Gasteiger partial charge in [-0.1, -0.05) is 17.7 Å². The Balaban J connectivity index is 1.45. The third-order valence-electron chi connectivity index (χ3n) is 4.82. The van der Waals surface area contributed by atoms with Crippen LogP contribution in [0.4, 0.5) is 5.13 Å². The van der Waals surface area contributed by atoms with E-state index in [9.17, 15) is 4.79 Å². The highest BCUT2D eigenvalue weighted by molar-refractivity contribution is 7.14. The summed E-state index contributed by atoms with van der Waals surface area (Å²) in [6.07, 6.45) is 4.04. The first-order valence-electron chi connectivity index (χ1n) is 8.83. The minimum absolute atomic E-state index is 0.198. The van der Waals surface area contributed by atoms with Gasteiger partial charge in [-0.15, -0.1) is 11.3 Å². The topological polar surface area (TPSA) is 63.1 Å². The van der Waals surface area contributed by atoms with Crippen LogP contribution in [0, 0.1) is 0 Å². The largest absolute Gasteiger partial charge is 0.298 e. The molecule has 0 radical (unpaired) electrons. The lowest BCUT2D eigenvalue weighted by atomic mass is 10.1. The molecule has 1 fully saturated rings. The third-order valence-corrected chi connectivity index (χ3v) is 5.83. The quantitative estimate of drug-likeness (QED) is 0.698. The Morgan fingerprint density at radius 2 is 2.30 bits per heavy atom. The van der Waals surface area contributed by atoms with Crippen LogP contribution in [0.25, 0.3) is 0 Å². The van der Waals surface area contributed by atoms with Crippen LogP contribution in [0.5, 0.6) is 0 Å². The molecule has 4 rings (SSSR count). The summed E-state index contributed by atoms with van der Waals surface area (Å²) < 4.78 is 1.91. The molecule has 2 aromatic heterocycles. The Labute approximate surface area is 166 Å². The predicted octanol–water partition coefficient (Wildman–Crippen LogP) is 4.12. The van der Waals surface area contributed by atoms with Gasteiger partial charge in [-0.25, -0.2) is 4.98 Å². The van der Waals surface area contributed by atoms with Gasteiger partial charge in [-0.3, -0.25) is 19.7 Å². The van der Waals surface area contributed by atoms with E-state index in [2.05, 4.69) is 20.3 Å². The van der Waals surface area contributed by atoms with Crippen LogP contribution >= 0.6 is 22.9 Å². The first-order chi connectivity index (χ1) is 13.1. The van der Waals surface area contributed by atoms with Crippen molar-refractivity contribution in [2.45, 2.75) is 25.4 Å². The van der Waals surface area contributed by atoms with Gasteiger partial charge in [0.15, 0.2) is 5.13 Å². The minimum atomic E-state index is -0.198. The number of aromatic nitrogens is 3. The summed E-state index contributed by atoms with van der Waals surface area (Å²) in [5.41, 5.74) is 2.73. The summed E-state index contributed by atoms with van der Waals surface area (Å²) >= 11 is 7.42. The first-order valence-corrected chi connectivity index (χ1v) is 10.1. The van der Waals surface area contributed by atoms with E-state index in [0.717, 1.165) is 31.6 Å². The Kier molecular flexibility index (Phi) is 5.24. The van der Waals surface area contributed by atoms with Crippen molar-refractivity contribution in [3.63, 3.8) is 0 Å². The van der Waals surface area contributed by atoms with Crippen molar-refractivity contribution in [2.75, 3.05) is 11.9 Å². The number of nitrogens with one attached hydrogen (secondary N) is 1. The zero-order valence-corrected chi connectivity index (χ0v) is 16.5. The van der Waals surface area contributed by atoms with Crippen molar-refractivity contribution >= 4 is 34.0 Å². The van der Waals surface area contributed by atoms with Crippen molar-refractivity contribution in [1.29, 1.82) is 0 Å². The summed E-state index contributed by atoms with van der Waals surface area (Å²) in [5.74, 6) is -0.198. The summed E-state index contributed by atoms with van der Waals surface area (Å²) in [6.45, 7) is 1.89. The first kappa shape index (κ1) is 18.2. The predicted molar refractivity (Wildman–Crippen MR) is 107 cm³/mol. The average molecular weight is 402 g/mol. The number of nitrogens with zero attached hydrogens (tertiary/aromatic N) is 4. The number of carbonyl (C=O) groups is 1. The molecule has 0 unspecified atom stereocenters. The number of aryl methyl sites for hydroxylation is 1. The SMILES string of the molecule is Cn1nccc1CN1CCC[C@@H]1c1csc(NC(=O)c2cccc(Cl)c2)n1. The van der Waals surface area contributed by atoms with Crippen LogP contribution in [0.15, 0.2) is 41.9 Å². The van der Waals surface area contributed by atoms with Crippen LogP contribution < -0.4 is 5.32 Å². The van der Waals surface area contributed by atoms with E-state index < -0.39 is 0 Å². The van der Waals surface area contributed by atoms with E-state index in [0.29, 0.717) is 15.7 Å². The lowest BCUT2D eigenvalue weighted by Gasteiger charge is -2.22. The molecule has 140 valence electrons. The molecule has 6 nitrogen and oxygen atoms in total. The van der Waals surface area contributed by atoms with Gasteiger partial charge in [0.25, 0.3) is 5.91 Å². The van der Waals surface area contributed by atoms with Crippen LogP contribution in [0.2, 0.25) is 5.02 Å². The van der Waals surface area contributed by atoms with E-state index in [-0.39, 0.29) is 11.9 Å². The maximum absolute atomic E-state index is 12.4. The number of carbonyl (C=O) groups excluding carboxylic acids is 1. The molecule has 1 amide bonds. The molecule has 1 aliphatic heterocycles. The second kappa shape index (κ2) is 7.80. The molecule has 1 aromatic carbocycles. The molecular weight excluding hydrogens is 382 g/mol. The van der Waals surface area contributed by atoms with E-state index in [4.69, 9.17) is 11.6 Å². The fraction of sp³-hybridized carbons (Fsp3) is 0.316. The molecule has 3 heterocycles. The molecule has 1 aliphatic rings. The second-order valence-corrected chi connectivity index (χ2v) is 7.91. The van der Waals surface area contributed by atoms with Gasteiger partial charge >= 0.3 is 0 Å². The number of likely N-dealkylation sites (tertiary alicyclic amines) is 1. The number of hydrogen-bond acceptors (Lipinski definition) is 5. The zero-order chi connectivity index (χ0) is 18.8. The van der Waals surface area contributed by atoms with Gasteiger partial charge in [-0.2, -0.15) is 5.10 Å². The lowest BCUT2D eigenvalue weighted by molar-refractivity contribution is 0.102. The average Bonchev–Trinajstić information content (AvgIpc) is 3.38. The summed E-state index contributed by atoms with van der Waals surface area (Å²) in [6, 6.07) is 9.22. The Bertz CT molecular complexity index is 953. The molecular formula is C19H20ClN5OS. The number of amides is 1. The highest BCUT2D eigenvalue weighted by atomic mass is 35.5. The standard InChI is InChI=1S/C19H20ClN5OS/c1-24-15(7-8-21-24)11-25-9-3-6-17(25)16-12-27-19(22-16)23-18(26)13-4-2-5-14(20)10-13/h2,4-5,7-8,10,12,17H,3,6,9,11H2,1H3,(H,22,23,26)/t17-/m1/s1. The highest BCUT2D eigenvalue weighted by Crippen LogP contribution is 2.34. The minimum Gasteiger partial charge on any atom is -0.298 e. The maximum atomic E-state index is 12.4. The van der Waals surface area contributed by atoms with Crippen molar-refractivity contribution in [1.82, 2.24) is 19.7 Å². The highest BCUT2D eigenvalue weighted by Gasteiger charge is 2.28. The normalized spacial score (nSPS) is 17.3. The number of rotatable bonds is 5. The Morgan fingerprint density at radius 3 is 3.07 bits per heavy atom. The molecule has 1 N–H and O–H groups in total. The Hall–Kier alpha value is -2.22. The van der Waals surface area contributed by atoms with E-state index in [1.165, 1.54) is 17.0 Å². The van der Waals surface area contributed by atoms with Crippen LogP contribution in [-0.2, 0) is 13.6 Å². The monoisotopic (exact) mass is 401 g/mol. The van der Waals surface area contributed by atoms with Crippen LogP contribution in [0.3, 0.4) is 0 Å². The van der Waals surface area contributed by atoms with Crippen molar-refractivity contribution in [3.8, 4) is 0 Å². The van der Waals surface area contributed by atoms with Crippen molar-refractivity contribution in [2.24, 2.45) is 7.05 Å². The molecule has 0 aliphatic carbocycles. The van der Waals surface area contributed by atoms with Gasteiger partial charge < -0.3 is 0 Å². The lowest BCUT2D eigenvalue weighted by Crippen LogP contribution is -2.24. The third kappa shape index (κ3) is 4.05. The maximum Gasteiger partial charge on any atom is 0.257 e. The fourth-order valence-electron chi connectivity index (χ4n) is 3.41. The van der Waals surface area contributed by atoms with Crippen LogP contribution in [-0.4, -0.2) is 32.1 Å². The molecule has 1 atom stereocenters. The number of anilines is 1. The fourth-order valence-corrected chi connectivity index (χ4v) is 4.35. The molecule has 0 spiro atoms.